The van der Waals surface area contributed by atoms with Crippen LogP contribution >= 0.6 is 0 Å². The van der Waals surface area contributed by atoms with Crippen molar-refractivity contribution in [1.29, 1.82) is 0 Å². The number of ether oxygens (including phenoxy) is 4. The van der Waals surface area contributed by atoms with Crippen molar-refractivity contribution in [3.8, 4) is 11.5 Å². The number of imide groups is 1. The fourth-order valence-electron chi connectivity index (χ4n) is 3.04. The molecule has 0 unspecified atom stereocenters. The first-order chi connectivity index (χ1) is 16.6. The van der Waals surface area contributed by atoms with E-state index in [9.17, 15) is 19.7 Å². The van der Waals surface area contributed by atoms with E-state index in [1.54, 1.807) is 59.7 Å². The van der Waals surface area contributed by atoms with E-state index in [1.807, 2.05) is 0 Å². The minimum atomic E-state index is -0.888. The van der Waals surface area contributed by atoms with Crippen molar-refractivity contribution < 1.29 is 33.5 Å². The molecule has 0 saturated carbocycles. The first-order valence-corrected chi connectivity index (χ1v) is 11.1. The maximum absolute atomic E-state index is 12.9. The number of amides is 2. The molecule has 0 heterocycles. The second-order valence-corrected chi connectivity index (χ2v) is 9.84. The Morgan fingerprint density at radius 1 is 0.917 bits per heavy atom. The molecule has 2 aromatic carbocycles. The lowest BCUT2D eigenvalue weighted by Crippen LogP contribution is -2.43. The standard InChI is InChI=1S/C25H33N3O8/c1-24(2,3)35-22(29)27(23(30)36-25(4,5)6)15-16-13-17(9-12-21(16)34-8)26-19-14-18(33-7)10-11-20(19)28(31)32/h9-14,26H,15H2,1-8H3. The summed E-state index contributed by atoms with van der Waals surface area (Å²) in [6.07, 6.45) is -1.78. The Labute approximate surface area is 210 Å². The Morgan fingerprint density at radius 3 is 1.97 bits per heavy atom. The van der Waals surface area contributed by atoms with Gasteiger partial charge in [-0.3, -0.25) is 10.1 Å². The van der Waals surface area contributed by atoms with Gasteiger partial charge in [0.15, 0.2) is 0 Å². The Morgan fingerprint density at radius 2 is 1.50 bits per heavy atom. The predicted molar refractivity (Wildman–Crippen MR) is 134 cm³/mol. The molecular weight excluding hydrogens is 470 g/mol. The Balaban J connectivity index is 2.47. The number of hydrogen-bond donors (Lipinski definition) is 1. The van der Waals surface area contributed by atoms with Crippen LogP contribution in [0.5, 0.6) is 11.5 Å². The third-order valence-corrected chi connectivity index (χ3v) is 4.52. The summed E-state index contributed by atoms with van der Waals surface area (Å²) in [5, 5.41) is 14.5. The van der Waals surface area contributed by atoms with E-state index in [2.05, 4.69) is 5.32 Å². The Bertz CT molecular complexity index is 1090. The highest BCUT2D eigenvalue weighted by Gasteiger charge is 2.32. The lowest BCUT2D eigenvalue weighted by Gasteiger charge is -2.29. The van der Waals surface area contributed by atoms with Gasteiger partial charge in [0.25, 0.3) is 5.69 Å². The summed E-state index contributed by atoms with van der Waals surface area (Å²) in [4.78, 5) is 37.6. The molecule has 0 aromatic heterocycles. The second-order valence-electron chi connectivity index (χ2n) is 9.84. The maximum Gasteiger partial charge on any atom is 0.420 e. The summed E-state index contributed by atoms with van der Waals surface area (Å²) in [6.45, 7) is 9.88. The third-order valence-electron chi connectivity index (χ3n) is 4.52. The molecule has 2 rings (SSSR count). The molecular formula is C25H33N3O8. The number of anilines is 2. The number of nitro groups is 1. The number of benzene rings is 2. The average molecular weight is 504 g/mol. The summed E-state index contributed by atoms with van der Waals surface area (Å²) in [5.41, 5.74) is -0.768. The van der Waals surface area contributed by atoms with Crippen molar-refractivity contribution in [2.75, 3.05) is 19.5 Å². The molecule has 11 heteroatoms. The van der Waals surface area contributed by atoms with Gasteiger partial charge >= 0.3 is 12.2 Å². The van der Waals surface area contributed by atoms with Gasteiger partial charge in [-0.1, -0.05) is 0 Å². The lowest BCUT2D eigenvalue weighted by molar-refractivity contribution is -0.383. The van der Waals surface area contributed by atoms with Crippen LogP contribution < -0.4 is 14.8 Å². The monoisotopic (exact) mass is 503 g/mol. The number of nitrogens with zero attached hydrogens (tertiary/aromatic N) is 2. The minimum absolute atomic E-state index is 0.155. The summed E-state index contributed by atoms with van der Waals surface area (Å²) < 4.78 is 21.4. The molecule has 11 nitrogen and oxygen atoms in total. The van der Waals surface area contributed by atoms with Gasteiger partial charge in [0.1, 0.15) is 28.4 Å². The van der Waals surface area contributed by atoms with Gasteiger partial charge in [-0.2, -0.15) is 0 Å². The van der Waals surface area contributed by atoms with Crippen LogP contribution in [0, 0.1) is 10.1 Å². The van der Waals surface area contributed by atoms with E-state index < -0.39 is 28.3 Å². The third kappa shape index (κ3) is 8.03. The van der Waals surface area contributed by atoms with Crippen LogP contribution in [0.2, 0.25) is 0 Å². The van der Waals surface area contributed by atoms with E-state index in [4.69, 9.17) is 18.9 Å². The summed E-state index contributed by atoms with van der Waals surface area (Å²) >= 11 is 0. The Kier molecular flexibility index (Phi) is 8.74. The van der Waals surface area contributed by atoms with Crippen molar-refractivity contribution >= 4 is 29.2 Å². The molecule has 0 radical (unpaired) electrons. The first kappa shape index (κ1) is 28.2. The van der Waals surface area contributed by atoms with Crippen molar-refractivity contribution in [3.05, 3.63) is 52.1 Å². The number of carbonyl (C=O) groups is 2. The SMILES string of the molecule is COc1ccc([N+](=O)[O-])c(Nc2ccc(OC)c(CN(C(=O)OC(C)(C)C)C(=O)OC(C)(C)C)c2)c1. The quantitative estimate of drug-likeness (QED) is 0.355. The van der Waals surface area contributed by atoms with Crippen molar-refractivity contribution in [3.63, 3.8) is 0 Å². The zero-order valence-electron chi connectivity index (χ0n) is 21.8. The average Bonchev–Trinajstić information content (AvgIpc) is 2.74. The van der Waals surface area contributed by atoms with Gasteiger partial charge in [0.05, 0.1) is 25.7 Å². The molecule has 0 aliphatic carbocycles. The number of rotatable bonds is 7. The van der Waals surface area contributed by atoms with Crippen molar-refractivity contribution in [2.45, 2.75) is 59.3 Å². The van der Waals surface area contributed by atoms with Crippen molar-refractivity contribution in [1.82, 2.24) is 4.90 Å². The van der Waals surface area contributed by atoms with Crippen LogP contribution in [-0.4, -0.2) is 47.4 Å². The van der Waals surface area contributed by atoms with Gasteiger partial charge < -0.3 is 24.3 Å². The molecule has 0 aliphatic rings. The number of carbonyl (C=O) groups excluding carboxylic acids is 2. The molecule has 1 N–H and O–H groups in total. The maximum atomic E-state index is 12.9. The fraction of sp³-hybridized carbons (Fsp3) is 0.440. The topological polar surface area (TPSA) is 129 Å². The van der Waals surface area contributed by atoms with Crippen LogP contribution in [0.1, 0.15) is 47.1 Å². The molecule has 2 aromatic rings. The molecule has 0 atom stereocenters. The van der Waals surface area contributed by atoms with E-state index >= 15 is 0 Å². The van der Waals surface area contributed by atoms with Gasteiger partial charge in [-0.25, -0.2) is 14.5 Å². The Hall–Kier alpha value is -4.02. The lowest BCUT2D eigenvalue weighted by atomic mass is 10.1. The zero-order chi connectivity index (χ0) is 27.3. The zero-order valence-corrected chi connectivity index (χ0v) is 21.8. The number of methoxy groups -OCH3 is 2. The smallest absolute Gasteiger partial charge is 0.420 e. The minimum Gasteiger partial charge on any atom is -0.497 e. The molecule has 0 aliphatic heterocycles. The highest BCUT2D eigenvalue weighted by Crippen LogP contribution is 2.33. The molecule has 2 amide bonds. The second kappa shape index (κ2) is 11.1. The number of hydrogen-bond acceptors (Lipinski definition) is 9. The van der Waals surface area contributed by atoms with E-state index in [0.29, 0.717) is 22.7 Å². The van der Waals surface area contributed by atoms with E-state index in [1.165, 1.54) is 32.4 Å². The van der Waals surface area contributed by atoms with Gasteiger partial charge in [0.2, 0.25) is 0 Å². The molecule has 0 saturated heterocycles. The van der Waals surface area contributed by atoms with Crippen LogP contribution in [0.25, 0.3) is 0 Å². The molecule has 196 valence electrons. The summed E-state index contributed by atoms with van der Waals surface area (Å²) in [6, 6.07) is 9.20. The highest BCUT2D eigenvalue weighted by atomic mass is 16.6. The fourth-order valence-corrected chi connectivity index (χ4v) is 3.04. The normalized spacial score (nSPS) is 11.3. The number of nitrogens with one attached hydrogen (secondary N) is 1. The van der Waals surface area contributed by atoms with Crippen LogP contribution in [0.15, 0.2) is 36.4 Å². The predicted octanol–water partition coefficient (Wildman–Crippen LogP) is 6.03. The summed E-state index contributed by atoms with van der Waals surface area (Å²) in [5.74, 6) is 0.815. The van der Waals surface area contributed by atoms with E-state index in [-0.39, 0.29) is 17.9 Å². The van der Waals surface area contributed by atoms with Gasteiger partial charge in [-0.05, 0) is 65.8 Å². The van der Waals surface area contributed by atoms with Crippen molar-refractivity contribution in [2.24, 2.45) is 0 Å². The van der Waals surface area contributed by atoms with Crippen LogP contribution in [-0.2, 0) is 16.0 Å². The molecule has 0 fully saturated rings. The number of nitro benzene ring substituents is 1. The molecule has 0 spiro atoms. The van der Waals surface area contributed by atoms with Gasteiger partial charge in [-0.15, -0.1) is 0 Å². The summed E-state index contributed by atoms with van der Waals surface area (Å²) in [7, 11) is 2.91. The van der Waals surface area contributed by atoms with Crippen LogP contribution in [0.4, 0.5) is 26.7 Å². The molecule has 36 heavy (non-hydrogen) atoms. The highest BCUT2D eigenvalue weighted by molar-refractivity contribution is 5.88. The first-order valence-electron chi connectivity index (χ1n) is 11.1. The van der Waals surface area contributed by atoms with Gasteiger partial charge in [0, 0.05) is 23.4 Å². The molecule has 0 bridgehead atoms. The van der Waals surface area contributed by atoms with E-state index in [0.717, 1.165) is 4.90 Å². The largest absolute Gasteiger partial charge is 0.497 e. The van der Waals surface area contributed by atoms with Crippen LogP contribution in [0.3, 0.4) is 0 Å².